The van der Waals surface area contributed by atoms with Crippen LogP contribution in [0, 0.1) is 12.7 Å². The van der Waals surface area contributed by atoms with Crippen LogP contribution in [0.3, 0.4) is 0 Å². The Hall–Kier alpha value is -3.32. The number of halogens is 1. The highest BCUT2D eigenvalue weighted by molar-refractivity contribution is 5.81. The SMILES string of the molecule is CC.CCOC(Cc1ccc(F)cc1)Cn1c2cc(=O)[nH]c(=O)c-2nc2cc(CC)c(C)cc21. The Kier molecular flexibility index (Phi) is 8.34. The molecule has 0 saturated heterocycles. The Balaban J connectivity index is 0.00000158. The fourth-order valence-corrected chi connectivity index (χ4v) is 4.19. The number of H-pyrrole nitrogens is 1. The molecule has 4 rings (SSSR count). The number of nitrogens with one attached hydrogen (secondary N) is 1. The van der Waals surface area contributed by atoms with E-state index in [9.17, 15) is 14.0 Å². The van der Waals surface area contributed by atoms with E-state index in [0.717, 1.165) is 28.6 Å². The number of ether oxygens (including phenoxy) is 1. The summed E-state index contributed by atoms with van der Waals surface area (Å²) >= 11 is 0. The van der Waals surface area contributed by atoms with Crippen molar-refractivity contribution in [2.75, 3.05) is 6.61 Å². The lowest BCUT2D eigenvalue weighted by Crippen LogP contribution is -2.29. The number of hydrogen-bond acceptors (Lipinski definition) is 4. The first-order valence-corrected chi connectivity index (χ1v) is 11.8. The Morgan fingerprint density at radius 1 is 1.09 bits per heavy atom. The maximum absolute atomic E-state index is 13.3. The molecule has 7 heteroatoms. The minimum Gasteiger partial charge on any atom is -0.376 e. The number of hydrogen-bond donors (Lipinski definition) is 1. The fourth-order valence-electron chi connectivity index (χ4n) is 4.19. The molecule has 1 N–H and O–H groups in total. The van der Waals surface area contributed by atoms with Gasteiger partial charge in [0.2, 0.25) is 0 Å². The summed E-state index contributed by atoms with van der Waals surface area (Å²) in [6.07, 6.45) is 1.17. The van der Waals surface area contributed by atoms with Gasteiger partial charge in [0.1, 0.15) is 5.82 Å². The van der Waals surface area contributed by atoms with Crippen molar-refractivity contribution in [1.29, 1.82) is 0 Å². The lowest BCUT2D eigenvalue weighted by atomic mass is 10.0. The van der Waals surface area contributed by atoms with Gasteiger partial charge >= 0.3 is 0 Å². The third-order valence-corrected chi connectivity index (χ3v) is 5.76. The van der Waals surface area contributed by atoms with Gasteiger partial charge < -0.3 is 9.30 Å². The molecule has 1 atom stereocenters. The third-order valence-electron chi connectivity index (χ3n) is 5.76. The van der Waals surface area contributed by atoms with Gasteiger partial charge in [-0.15, -0.1) is 0 Å². The number of aromatic nitrogens is 3. The zero-order valence-corrected chi connectivity index (χ0v) is 20.4. The normalized spacial score (nSPS) is 11.9. The maximum Gasteiger partial charge on any atom is 0.278 e. The highest BCUT2D eigenvalue weighted by Crippen LogP contribution is 2.26. The summed E-state index contributed by atoms with van der Waals surface area (Å²) in [6, 6.07) is 11.8. The highest BCUT2D eigenvalue weighted by Gasteiger charge is 2.21. The van der Waals surface area contributed by atoms with Crippen molar-refractivity contribution in [3.05, 3.63) is 85.7 Å². The van der Waals surface area contributed by atoms with Crippen LogP contribution in [0.1, 0.15) is 44.4 Å². The first-order valence-electron chi connectivity index (χ1n) is 11.8. The summed E-state index contributed by atoms with van der Waals surface area (Å²) in [6.45, 7) is 11.0. The van der Waals surface area contributed by atoms with Gasteiger partial charge in [0.25, 0.3) is 11.1 Å². The Labute approximate surface area is 198 Å². The average molecular weight is 466 g/mol. The number of fused-ring (bicyclic) bond motifs is 2. The van der Waals surface area contributed by atoms with E-state index in [4.69, 9.17) is 4.74 Å². The van der Waals surface area contributed by atoms with E-state index in [-0.39, 0.29) is 17.6 Å². The molecule has 0 fully saturated rings. The van der Waals surface area contributed by atoms with Gasteiger partial charge in [-0.25, -0.2) is 9.37 Å². The van der Waals surface area contributed by atoms with E-state index in [1.54, 1.807) is 12.1 Å². The second-order valence-electron chi connectivity index (χ2n) is 7.95. The molecule has 2 heterocycles. The lowest BCUT2D eigenvalue weighted by molar-refractivity contribution is 0.0519. The van der Waals surface area contributed by atoms with Crippen LogP contribution < -0.4 is 11.1 Å². The van der Waals surface area contributed by atoms with Gasteiger partial charge in [-0.05, 0) is 61.2 Å². The minimum absolute atomic E-state index is 0.222. The number of aryl methyl sites for hydroxylation is 2. The van der Waals surface area contributed by atoms with Crippen LogP contribution >= 0.6 is 0 Å². The first-order chi connectivity index (χ1) is 16.4. The van der Waals surface area contributed by atoms with E-state index in [2.05, 4.69) is 16.9 Å². The molecule has 180 valence electrons. The number of nitrogens with zero attached hydrogens (tertiary/aromatic N) is 2. The summed E-state index contributed by atoms with van der Waals surface area (Å²) in [4.78, 5) is 31.6. The lowest BCUT2D eigenvalue weighted by Gasteiger charge is -2.24. The minimum atomic E-state index is -0.506. The van der Waals surface area contributed by atoms with Crippen molar-refractivity contribution in [3.63, 3.8) is 0 Å². The number of aromatic amines is 1. The van der Waals surface area contributed by atoms with E-state index in [1.807, 2.05) is 44.4 Å². The van der Waals surface area contributed by atoms with Crippen LogP contribution in [0.15, 0.2) is 52.1 Å². The van der Waals surface area contributed by atoms with Crippen molar-refractivity contribution in [2.45, 2.75) is 60.1 Å². The molecule has 0 bridgehead atoms. The molecule has 0 aromatic heterocycles. The smallest absolute Gasteiger partial charge is 0.278 e. The van der Waals surface area contributed by atoms with E-state index in [0.29, 0.717) is 30.8 Å². The summed E-state index contributed by atoms with van der Waals surface area (Å²) < 4.78 is 21.3. The van der Waals surface area contributed by atoms with Gasteiger partial charge in [-0.1, -0.05) is 32.9 Å². The van der Waals surface area contributed by atoms with Crippen LogP contribution in [0.5, 0.6) is 0 Å². The van der Waals surface area contributed by atoms with E-state index < -0.39 is 11.1 Å². The standard InChI is InChI=1S/C25H26FN3O3.C2H6/c1-4-17-12-20-21(10-15(17)3)29(22-13-23(30)28-25(31)24(22)27-20)14-19(32-5-2)11-16-6-8-18(26)9-7-16;1-2/h6-10,12-13,19H,4-5,11,14H2,1-3H3,(H,28,30,31);1-2H3. The Bertz CT molecular complexity index is 1340. The number of pyridine rings is 1. The molecule has 2 aromatic rings. The summed E-state index contributed by atoms with van der Waals surface area (Å²) in [7, 11) is 0. The molecular weight excluding hydrogens is 433 g/mol. The summed E-state index contributed by atoms with van der Waals surface area (Å²) in [5.41, 5.74) is 4.47. The largest absolute Gasteiger partial charge is 0.376 e. The molecular formula is C27H32FN3O3. The second kappa shape index (κ2) is 11.2. The number of rotatable bonds is 7. The second-order valence-corrected chi connectivity index (χ2v) is 7.95. The first kappa shape index (κ1) is 25.3. The summed E-state index contributed by atoms with van der Waals surface area (Å²) in [5.74, 6) is -0.286. The van der Waals surface area contributed by atoms with Gasteiger partial charge in [0.05, 0.1) is 22.8 Å². The molecule has 0 saturated carbocycles. The molecule has 0 radical (unpaired) electrons. The predicted molar refractivity (Wildman–Crippen MR) is 134 cm³/mol. The number of benzene rings is 2. The monoisotopic (exact) mass is 465 g/mol. The van der Waals surface area contributed by atoms with Gasteiger partial charge in [0.15, 0.2) is 5.69 Å². The Morgan fingerprint density at radius 3 is 2.44 bits per heavy atom. The molecule has 34 heavy (non-hydrogen) atoms. The van der Waals surface area contributed by atoms with Crippen molar-refractivity contribution in [3.8, 4) is 11.4 Å². The predicted octanol–water partition coefficient (Wildman–Crippen LogP) is 4.87. The molecule has 2 aromatic carbocycles. The van der Waals surface area contributed by atoms with Crippen molar-refractivity contribution < 1.29 is 9.13 Å². The Morgan fingerprint density at radius 2 is 1.79 bits per heavy atom. The molecule has 0 aliphatic carbocycles. The van der Waals surface area contributed by atoms with Crippen LogP contribution in [0.2, 0.25) is 0 Å². The zero-order chi connectivity index (χ0) is 24.8. The van der Waals surface area contributed by atoms with E-state index in [1.165, 1.54) is 18.2 Å². The van der Waals surface area contributed by atoms with Crippen LogP contribution in [0.4, 0.5) is 4.39 Å². The fraction of sp³-hybridized carbons (Fsp3) is 0.370. The van der Waals surface area contributed by atoms with Crippen LogP contribution in [-0.2, 0) is 24.1 Å². The van der Waals surface area contributed by atoms with Crippen molar-refractivity contribution in [1.82, 2.24) is 14.5 Å². The molecule has 0 spiro atoms. The third kappa shape index (κ3) is 5.42. The van der Waals surface area contributed by atoms with Gasteiger partial charge in [-0.2, -0.15) is 0 Å². The molecule has 0 amide bonds. The maximum atomic E-state index is 13.3. The highest BCUT2D eigenvalue weighted by atomic mass is 19.1. The van der Waals surface area contributed by atoms with E-state index >= 15 is 0 Å². The van der Waals surface area contributed by atoms with Gasteiger partial charge in [-0.3, -0.25) is 14.6 Å². The zero-order valence-electron chi connectivity index (χ0n) is 20.4. The van der Waals surface area contributed by atoms with Crippen LogP contribution in [-0.4, -0.2) is 27.2 Å². The van der Waals surface area contributed by atoms with Crippen LogP contribution in [0.25, 0.3) is 22.4 Å². The van der Waals surface area contributed by atoms with Crippen molar-refractivity contribution in [2.24, 2.45) is 0 Å². The molecule has 1 unspecified atom stereocenters. The van der Waals surface area contributed by atoms with Gasteiger partial charge in [0, 0.05) is 25.6 Å². The quantitative estimate of drug-likeness (QED) is 0.395. The van der Waals surface area contributed by atoms with Crippen molar-refractivity contribution >= 4 is 11.0 Å². The molecule has 2 aliphatic heterocycles. The topological polar surface area (TPSA) is 77.0 Å². The average Bonchev–Trinajstić information content (AvgIpc) is 2.82. The molecule has 6 nitrogen and oxygen atoms in total. The summed E-state index contributed by atoms with van der Waals surface area (Å²) in [5, 5.41) is 0. The molecule has 2 aliphatic rings.